The first-order valence-electron chi connectivity index (χ1n) is 7.47. The molecule has 2 rings (SSSR count). The van der Waals surface area contributed by atoms with E-state index in [9.17, 15) is 4.79 Å². The van der Waals surface area contributed by atoms with Crippen molar-refractivity contribution in [3.63, 3.8) is 0 Å². The van der Waals surface area contributed by atoms with Gasteiger partial charge in [-0.3, -0.25) is 4.79 Å². The molecule has 2 aromatic rings. The summed E-state index contributed by atoms with van der Waals surface area (Å²) < 4.78 is 2.07. The zero-order valence-electron chi connectivity index (χ0n) is 13.7. The smallest absolute Gasteiger partial charge is 0.184 e. The Kier molecular flexibility index (Phi) is 5.45. The highest BCUT2D eigenvalue weighted by Crippen LogP contribution is 2.22. The van der Waals surface area contributed by atoms with Crippen LogP contribution in [0.2, 0.25) is 5.02 Å². The lowest BCUT2D eigenvalue weighted by Gasteiger charge is -2.14. The third-order valence-corrected chi connectivity index (χ3v) is 3.97. The van der Waals surface area contributed by atoms with Gasteiger partial charge in [0.2, 0.25) is 0 Å². The van der Waals surface area contributed by atoms with Gasteiger partial charge >= 0.3 is 0 Å². The molecule has 0 aliphatic rings. The SMILES string of the molecule is C=CN(/C=C\C)CC(=O)c1cc(C)n(-c2ccc(Cl)cc2)c1C. The van der Waals surface area contributed by atoms with E-state index in [1.54, 1.807) is 11.1 Å². The van der Waals surface area contributed by atoms with Crippen LogP contribution in [0.5, 0.6) is 0 Å². The van der Waals surface area contributed by atoms with Crippen molar-refractivity contribution in [2.45, 2.75) is 20.8 Å². The van der Waals surface area contributed by atoms with Gasteiger partial charge in [0.05, 0.1) is 6.54 Å². The molecule has 0 radical (unpaired) electrons. The first kappa shape index (κ1) is 17.1. The Hall–Kier alpha value is -2.26. The van der Waals surface area contributed by atoms with Crippen LogP contribution < -0.4 is 0 Å². The number of carbonyl (C=O) groups excluding carboxylic acids is 1. The summed E-state index contributed by atoms with van der Waals surface area (Å²) in [5, 5.41) is 0.695. The molecule has 23 heavy (non-hydrogen) atoms. The zero-order chi connectivity index (χ0) is 17.0. The molecule has 0 amide bonds. The standard InChI is InChI=1S/C19H21ClN2O/c1-5-11-21(6-2)13-19(23)18-12-14(3)22(15(18)4)17-9-7-16(20)8-10-17/h5-12H,2,13H2,1,3-4H3/b11-5-. The number of rotatable bonds is 6. The Labute approximate surface area is 142 Å². The number of Topliss-reactive ketones (excluding diaryl/α,β-unsaturated/α-hetero) is 1. The molecule has 1 heterocycles. The van der Waals surface area contributed by atoms with Gasteiger partial charge in [-0.1, -0.05) is 24.3 Å². The number of ketones is 1. The molecule has 0 saturated heterocycles. The van der Waals surface area contributed by atoms with Crippen LogP contribution in [0.3, 0.4) is 0 Å². The summed E-state index contributed by atoms with van der Waals surface area (Å²) in [5.74, 6) is 0.0660. The number of aryl methyl sites for hydroxylation is 1. The number of carbonyl (C=O) groups is 1. The van der Waals surface area contributed by atoms with E-state index in [0.717, 1.165) is 22.6 Å². The fourth-order valence-corrected chi connectivity index (χ4v) is 2.78. The molecule has 4 heteroatoms. The van der Waals surface area contributed by atoms with E-state index in [0.29, 0.717) is 5.02 Å². The second kappa shape index (κ2) is 7.34. The van der Waals surface area contributed by atoms with E-state index in [1.807, 2.05) is 63.4 Å². The minimum absolute atomic E-state index is 0.0660. The van der Waals surface area contributed by atoms with Crippen molar-refractivity contribution in [2.75, 3.05) is 6.54 Å². The average Bonchev–Trinajstić information content (AvgIpc) is 2.83. The van der Waals surface area contributed by atoms with Gasteiger partial charge in [0.1, 0.15) is 0 Å². The Morgan fingerprint density at radius 1 is 1.30 bits per heavy atom. The Morgan fingerprint density at radius 2 is 1.96 bits per heavy atom. The van der Waals surface area contributed by atoms with Gasteiger partial charge in [0, 0.05) is 27.7 Å². The summed E-state index contributed by atoms with van der Waals surface area (Å²) in [7, 11) is 0. The van der Waals surface area contributed by atoms with E-state index in [1.165, 1.54) is 0 Å². The monoisotopic (exact) mass is 328 g/mol. The van der Waals surface area contributed by atoms with Crippen molar-refractivity contribution in [1.82, 2.24) is 9.47 Å². The van der Waals surface area contributed by atoms with Crippen LogP contribution >= 0.6 is 11.6 Å². The number of aromatic nitrogens is 1. The van der Waals surface area contributed by atoms with Gasteiger partial charge in [-0.25, -0.2) is 0 Å². The maximum Gasteiger partial charge on any atom is 0.184 e. The van der Waals surface area contributed by atoms with Gasteiger partial charge in [-0.2, -0.15) is 0 Å². The van der Waals surface area contributed by atoms with Crippen LogP contribution in [0.4, 0.5) is 0 Å². The van der Waals surface area contributed by atoms with Crippen molar-refractivity contribution in [3.8, 4) is 5.69 Å². The molecule has 0 bridgehead atoms. The second-order valence-corrected chi connectivity index (χ2v) is 5.79. The number of hydrogen-bond acceptors (Lipinski definition) is 2. The lowest BCUT2D eigenvalue weighted by molar-refractivity contribution is 0.0969. The molecular weight excluding hydrogens is 308 g/mol. The first-order valence-corrected chi connectivity index (χ1v) is 7.85. The van der Waals surface area contributed by atoms with E-state index in [2.05, 4.69) is 11.1 Å². The predicted molar refractivity (Wildman–Crippen MR) is 96.3 cm³/mol. The molecule has 0 aliphatic carbocycles. The van der Waals surface area contributed by atoms with E-state index in [4.69, 9.17) is 11.6 Å². The van der Waals surface area contributed by atoms with Crippen molar-refractivity contribution in [2.24, 2.45) is 0 Å². The van der Waals surface area contributed by atoms with Crippen LogP contribution in [-0.2, 0) is 0 Å². The zero-order valence-corrected chi connectivity index (χ0v) is 14.5. The lowest BCUT2D eigenvalue weighted by atomic mass is 10.1. The third kappa shape index (κ3) is 3.74. The van der Waals surface area contributed by atoms with Crippen molar-refractivity contribution < 1.29 is 4.79 Å². The van der Waals surface area contributed by atoms with Crippen molar-refractivity contribution in [1.29, 1.82) is 0 Å². The van der Waals surface area contributed by atoms with Gasteiger partial charge in [0.25, 0.3) is 0 Å². The normalized spacial score (nSPS) is 11.0. The third-order valence-electron chi connectivity index (χ3n) is 3.72. The Bertz CT molecular complexity index is 741. The van der Waals surface area contributed by atoms with Crippen LogP contribution in [0.1, 0.15) is 28.7 Å². The first-order chi connectivity index (χ1) is 11.0. The highest BCUT2D eigenvalue weighted by molar-refractivity contribution is 6.30. The molecule has 0 saturated carbocycles. The average molecular weight is 329 g/mol. The summed E-state index contributed by atoms with van der Waals surface area (Å²) in [5.41, 5.74) is 3.68. The molecule has 0 N–H and O–H groups in total. The minimum atomic E-state index is 0.0660. The van der Waals surface area contributed by atoms with E-state index in [-0.39, 0.29) is 12.3 Å². The summed E-state index contributed by atoms with van der Waals surface area (Å²) >= 11 is 5.95. The van der Waals surface area contributed by atoms with Crippen molar-refractivity contribution in [3.05, 3.63) is 77.4 Å². The highest BCUT2D eigenvalue weighted by atomic mass is 35.5. The van der Waals surface area contributed by atoms with Crippen LogP contribution in [0.15, 0.2) is 55.4 Å². The summed E-state index contributed by atoms with van der Waals surface area (Å²) in [6.07, 6.45) is 5.37. The summed E-state index contributed by atoms with van der Waals surface area (Å²) in [6.45, 7) is 9.88. The number of halogens is 1. The quantitative estimate of drug-likeness (QED) is 0.704. The molecule has 0 fully saturated rings. The van der Waals surface area contributed by atoms with Gasteiger partial charge in [-0.05, 0) is 63.5 Å². The summed E-state index contributed by atoms with van der Waals surface area (Å²) in [6, 6.07) is 9.54. The van der Waals surface area contributed by atoms with Gasteiger partial charge in [-0.15, -0.1) is 0 Å². The minimum Gasteiger partial charge on any atom is -0.347 e. The molecule has 0 atom stereocenters. The Balaban J connectivity index is 2.35. The number of nitrogens with zero attached hydrogens (tertiary/aromatic N) is 2. The van der Waals surface area contributed by atoms with Gasteiger partial charge < -0.3 is 9.47 Å². The van der Waals surface area contributed by atoms with Crippen LogP contribution in [0, 0.1) is 13.8 Å². The van der Waals surface area contributed by atoms with E-state index < -0.39 is 0 Å². The Morgan fingerprint density at radius 3 is 2.52 bits per heavy atom. The molecule has 0 unspecified atom stereocenters. The van der Waals surface area contributed by atoms with Crippen LogP contribution in [-0.4, -0.2) is 21.8 Å². The number of hydrogen-bond donors (Lipinski definition) is 0. The molecular formula is C19H21ClN2O. The fourth-order valence-electron chi connectivity index (χ4n) is 2.65. The molecule has 120 valence electrons. The second-order valence-electron chi connectivity index (χ2n) is 5.36. The number of allylic oxidation sites excluding steroid dienone is 1. The molecule has 0 aliphatic heterocycles. The predicted octanol–water partition coefficient (Wildman–Crippen LogP) is 4.91. The van der Waals surface area contributed by atoms with Crippen LogP contribution in [0.25, 0.3) is 5.69 Å². The topological polar surface area (TPSA) is 25.2 Å². The fraction of sp³-hybridized carbons (Fsp3) is 0.211. The maximum absolute atomic E-state index is 12.6. The molecule has 3 nitrogen and oxygen atoms in total. The van der Waals surface area contributed by atoms with E-state index >= 15 is 0 Å². The molecule has 1 aromatic carbocycles. The summed E-state index contributed by atoms with van der Waals surface area (Å²) in [4.78, 5) is 14.4. The number of benzene rings is 1. The highest BCUT2D eigenvalue weighted by Gasteiger charge is 2.17. The van der Waals surface area contributed by atoms with Crippen molar-refractivity contribution >= 4 is 17.4 Å². The largest absolute Gasteiger partial charge is 0.347 e. The molecule has 1 aromatic heterocycles. The van der Waals surface area contributed by atoms with Gasteiger partial charge in [0.15, 0.2) is 5.78 Å². The maximum atomic E-state index is 12.6. The molecule has 0 spiro atoms. The lowest BCUT2D eigenvalue weighted by Crippen LogP contribution is -2.20.